The summed E-state index contributed by atoms with van der Waals surface area (Å²) < 4.78 is 13.3. The number of halogens is 2. The van der Waals surface area contributed by atoms with E-state index in [2.05, 4.69) is 5.32 Å². The fourth-order valence-corrected chi connectivity index (χ4v) is 4.99. The number of rotatable bonds is 4. The standard InChI is InChI=1S/C28H36FN3O3.ClH/c1-16-11-23(17(2)18(3)25(16)33)30-26(34)24-22-12-19(13-31-14-21(29)15-31)7-8-20(22)9-10-32(24)27(35)28(4,5)6;/h7-8,11-12,21,24,33H,9-10,13-15H2,1-6H3,(H,30,34);1H. The largest absolute Gasteiger partial charge is 0.507 e. The van der Waals surface area contributed by atoms with Crippen LogP contribution in [0, 0.1) is 26.2 Å². The van der Waals surface area contributed by atoms with E-state index in [0.29, 0.717) is 43.9 Å². The van der Waals surface area contributed by atoms with Gasteiger partial charge in [0.1, 0.15) is 18.0 Å². The molecule has 0 bridgehead atoms. The lowest BCUT2D eigenvalue weighted by molar-refractivity contribution is -0.146. The summed E-state index contributed by atoms with van der Waals surface area (Å²) in [6.45, 7) is 13.0. The molecule has 2 aliphatic rings. The van der Waals surface area contributed by atoms with Crippen molar-refractivity contribution >= 4 is 29.9 Å². The third-order valence-corrected chi connectivity index (χ3v) is 7.22. The van der Waals surface area contributed by atoms with E-state index in [1.165, 1.54) is 0 Å². The molecule has 2 aromatic carbocycles. The van der Waals surface area contributed by atoms with E-state index in [1.807, 2.05) is 57.7 Å². The van der Waals surface area contributed by atoms with Gasteiger partial charge in [0, 0.05) is 37.3 Å². The molecule has 196 valence electrons. The number of nitrogens with one attached hydrogen (secondary N) is 1. The second-order valence-corrected chi connectivity index (χ2v) is 11.1. The van der Waals surface area contributed by atoms with Crippen molar-refractivity contribution in [3.63, 3.8) is 0 Å². The van der Waals surface area contributed by atoms with Crippen molar-refractivity contribution in [1.82, 2.24) is 9.80 Å². The molecule has 2 amide bonds. The molecule has 1 unspecified atom stereocenters. The summed E-state index contributed by atoms with van der Waals surface area (Å²) in [6.07, 6.45) is -0.0972. The fourth-order valence-electron chi connectivity index (χ4n) is 4.99. The summed E-state index contributed by atoms with van der Waals surface area (Å²) >= 11 is 0. The third-order valence-electron chi connectivity index (χ3n) is 7.22. The predicted octanol–water partition coefficient (Wildman–Crippen LogP) is 5.00. The highest BCUT2D eigenvalue weighted by Crippen LogP contribution is 2.37. The average molecular weight is 518 g/mol. The number of hydrogen-bond acceptors (Lipinski definition) is 4. The van der Waals surface area contributed by atoms with Crippen molar-refractivity contribution in [2.24, 2.45) is 5.41 Å². The number of benzene rings is 2. The molecule has 1 atom stereocenters. The van der Waals surface area contributed by atoms with Crippen molar-refractivity contribution in [3.05, 3.63) is 57.6 Å². The van der Waals surface area contributed by atoms with Crippen LogP contribution in [0.2, 0.25) is 0 Å². The first-order valence-electron chi connectivity index (χ1n) is 12.3. The Balaban J connectivity index is 0.00000361. The normalized spacial score (nSPS) is 18.2. The van der Waals surface area contributed by atoms with Gasteiger partial charge in [-0.25, -0.2) is 4.39 Å². The van der Waals surface area contributed by atoms with Crippen molar-refractivity contribution in [2.45, 2.75) is 66.7 Å². The maximum atomic E-state index is 13.8. The first-order valence-corrected chi connectivity index (χ1v) is 12.3. The van der Waals surface area contributed by atoms with E-state index in [0.717, 1.165) is 27.8 Å². The Morgan fingerprint density at radius 3 is 2.39 bits per heavy atom. The molecule has 2 aromatic rings. The maximum Gasteiger partial charge on any atom is 0.251 e. The van der Waals surface area contributed by atoms with Crippen LogP contribution in [0.25, 0.3) is 0 Å². The summed E-state index contributed by atoms with van der Waals surface area (Å²) in [5.74, 6) is -0.133. The zero-order chi connectivity index (χ0) is 25.7. The predicted molar refractivity (Wildman–Crippen MR) is 142 cm³/mol. The number of phenolic OH excluding ortho intramolecular Hbond substituents is 1. The van der Waals surface area contributed by atoms with Gasteiger partial charge in [-0.3, -0.25) is 14.5 Å². The Labute approximate surface area is 219 Å². The van der Waals surface area contributed by atoms with Crippen LogP contribution >= 0.6 is 12.4 Å². The van der Waals surface area contributed by atoms with Crippen LogP contribution < -0.4 is 5.32 Å². The number of alkyl halides is 1. The Kier molecular flexibility index (Phi) is 8.06. The molecule has 2 N–H and O–H groups in total. The SMILES string of the molecule is Cc1cc(NC(=O)C2c3cc(CN4CC(F)C4)ccc3CCN2C(=O)C(C)(C)C)c(C)c(C)c1O.Cl. The molecule has 1 fully saturated rings. The number of amides is 2. The van der Waals surface area contributed by atoms with Gasteiger partial charge in [-0.2, -0.15) is 0 Å². The van der Waals surface area contributed by atoms with Gasteiger partial charge in [-0.1, -0.05) is 39.0 Å². The number of carbonyl (C=O) groups excluding carboxylic acids is 2. The van der Waals surface area contributed by atoms with E-state index < -0.39 is 17.6 Å². The van der Waals surface area contributed by atoms with E-state index in [9.17, 15) is 19.1 Å². The van der Waals surface area contributed by atoms with Crippen molar-refractivity contribution in [3.8, 4) is 5.75 Å². The van der Waals surface area contributed by atoms with Gasteiger partial charge >= 0.3 is 0 Å². The third kappa shape index (κ3) is 5.37. The van der Waals surface area contributed by atoms with Crippen molar-refractivity contribution < 1.29 is 19.1 Å². The highest BCUT2D eigenvalue weighted by molar-refractivity contribution is 5.99. The molecule has 0 aromatic heterocycles. The van der Waals surface area contributed by atoms with E-state index in [-0.39, 0.29) is 30.0 Å². The maximum absolute atomic E-state index is 13.8. The summed E-state index contributed by atoms with van der Waals surface area (Å²) in [5.41, 5.74) is 5.06. The molecular formula is C28H37ClFN3O3. The van der Waals surface area contributed by atoms with Gasteiger partial charge in [0.15, 0.2) is 0 Å². The number of phenols is 1. The molecular weight excluding hydrogens is 481 g/mol. The molecule has 2 aliphatic heterocycles. The zero-order valence-corrected chi connectivity index (χ0v) is 22.8. The van der Waals surface area contributed by atoms with Crippen molar-refractivity contribution in [2.75, 3.05) is 25.0 Å². The molecule has 0 saturated carbocycles. The minimum atomic E-state index is -0.774. The fraction of sp³-hybridized carbons (Fsp3) is 0.500. The number of nitrogens with zero attached hydrogens (tertiary/aromatic N) is 2. The number of carbonyl (C=O) groups is 2. The first-order chi connectivity index (χ1) is 16.4. The van der Waals surface area contributed by atoms with Crippen LogP contribution in [0.3, 0.4) is 0 Å². The van der Waals surface area contributed by atoms with E-state index in [4.69, 9.17) is 0 Å². The molecule has 6 nitrogen and oxygen atoms in total. The molecule has 0 spiro atoms. The Morgan fingerprint density at radius 1 is 1.11 bits per heavy atom. The quantitative estimate of drug-likeness (QED) is 0.559. The molecule has 36 heavy (non-hydrogen) atoms. The molecule has 8 heteroatoms. The molecule has 1 saturated heterocycles. The summed E-state index contributed by atoms with van der Waals surface area (Å²) in [7, 11) is 0. The van der Waals surface area contributed by atoms with Crippen LogP contribution in [-0.2, 0) is 22.6 Å². The van der Waals surface area contributed by atoms with Crippen LogP contribution in [0.1, 0.15) is 60.2 Å². The number of likely N-dealkylation sites (tertiary alicyclic amines) is 1. The van der Waals surface area contributed by atoms with Crippen molar-refractivity contribution in [1.29, 1.82) is 0 Å². The average Bonchev–Trinajstić information content (AvgIpc) is 2.78. The second kappa shape index (κ2) is 10.4. The number of aromatic hydroxyl groups is 1. The smallest absolute Gasteiger partial charge is 0.251 e. The Hall–Kier alpha value is -2.64. The number of fused-ring (bicyclic) bond motifs is 1. The number of aryl methyl sites for hydroxylation is 1. The lowest BCUT2D eigenvalue weighted by Gasteiger charge is -2.40. The lowest BCUT2D eigenvalue weighted by Crippen LogP contribution is -2.49. The van der Waals surface area contributed by atoms with E-state index >= 15 is 0 Å². The van der Waals surface area contributed by atoms with Gasteiger partial charge in [-0.05, 0) is 66.6 Å². The van der Waals surface area contributed by atoms with Gasteiger partial charge in [0.05, 0.1) is 0 Å². The van der Waals surface area contributed by atoms with Gasteiger partial charge < -0.3 is 15.3 Å². The van der Waals surface area contributed by atoms with Gasteiger partial charge in [-0.15, -0.1) is 12.4 Å². The first kappa shape index (κ1) is 27.9. The molecule has 2 heterocycles. The van der Waals surface area contributed by atoms with E-state index in [1.54, 1.807) is 17.9 Å². The van der Waals surface area contributed by atoms with Crippen LogP contribution in [0.15, 0.2) is 24.3 Å². The summed E-state index contributed by atoms with van der Waals surface area (Å²) in [4.78, 5) is 31.0. The van der Waals surface area contributed by atoms with Gasteiger partial charge in [0.2, 0.25) is 5.91 Å². The highest BCUT2D eigenvalue weighted by atomic mass is 35.5. The lowest BCUT2D eigenvalue weighted by atomic mass is 9.86. The highest BCUT2D eigenvalue weighted by Gasteiger charge is 2.40. The van der Waals surface area contributed by atoms with Crippen LogP contribution in [0.4, 0.5) is 10.1 Å². The molecule has 0 radical (unpaired) electrons. The Bertz CT molecular complexity index is 1170. The second-order valence-electron chi connectivity index (χ2n) is 11.1. The number of hydrogen-bond donors (Lipinski definition) is 2. The monoisotopic (exact) mass is 517 g/mol. The Morgan fingerprint density at radius 2 is 1.78 bits per heavy atom. The molecule has 4 rings (SSSR count). The van der Waals surface area contributed by atoms with Crippen LogP contribution in [-0.4, -0.2) is 52.5 Å². The minimum Gasteiger partial charge on any atom is -0.507 e. The molecule has 0 aliphatic carbocycles. The topological polar surface area (TPSA) is 72.9 Å². The zero-order valence-electron chi connectivity index (χ0n) is 21.9. The summed E-state index contributed by atoms with van der Waals surface area (Å²) in [5, 5.41) is 13.3. The number of anilines is 1. The summed E-state index contributed by atoms with van der Waals surface area (Å²) in [6, 6.07) is 7.08. The van der Waals surface area contributed by atoms with Crippen LogP contribution in [0.5, 0.6) is 5.75 Å². The minimum absolute atomic E-state index is 0. The van der Waals surface area contributed by atoms with Gasteiger partial charge in [0.25, 0.3) is 5.91 Å².